The maximum atomic E-state index is 13.9. The Bertz CT molecular complexity index is 1190. The van der Waals surface area contributed by atoms with Crippen molar-refractivity contribution in [2.45, 2.75) is 96.7 Å². The van der Waals surface area contributed by atoms with E-state index in [0.29, 0.717) is 36.3 Å². The summed E-state index contributed by atoms with van der Waals surface area (Å²) < 4.78 is 13.9. The van der Waals surface area contributed by atoms with Gasteiger partial charge in [-0.3, -0.25) is 4.79 Å². The van der Waals surface area contributed by atoms with Gasteiger partial charge in [-0.1, -0.05) is 118 Å². The predicted octanol–water partition coefficient (Wildman–Crippen LogP) is 7.59. The Labute approximate surface area is 347 Å². The average Bonchev–Trinajstić information content (AvgIpc) is 3.42. The molecule has 237 valence electrons. The number of hydrogen-bond acceptors (Lipinski definition) is 4. The second-order valence-corrected chi connectivity index (χ2v) is 16.0. The Balaban J connectivity index is 0.000000448. The summed E-state index contributed by atoms with van der Waals surface area (Å²) >= 11 is 0. The van der Waals surface area contributed by atoms with E-state index < -0.39 is 19.3 Å². The molecule has 0 aromatic heterocycles. The van der Waals surface area contributed by atoms with Crippen molar-refractivity contribution < 1.29 is 118 Å². The molecule has 2 aromatic carbocycles. The van der Waals surface area contributed by atoms with E-state index in [-0.39, 0.29) is 98.1 Å². The molecule has 8 heteroatoms. The molecule has 2 N–H and O–H groups in total. The van der Waals surface area contributed by atoms with E-state index in [1.54, 1.807) is 0 Å². The molecule has 4 nitrogen and oxygen atoms in total. The summed E-state index contributed by atoms with van der Waals surface area (Å²) in [5.74, 6) is 3.57. The number of unbranched alkanes of at least 4 members (excludes halogenated alkanes) is 1. The van der Waals surface area contributed by atoms with Crippen molar-refractivity contribution in [3.8, 4) is 0 Å². The third kappa shape index (κ3) is 12.7. The summed E-state index contributed by atoms with van der Waals surface area (Å²) in [5.41, 5.74) is 1.39. The summed E-state index contributed by atoms with van der Waals surface area (Å²) in [4.78, 5) is 11.8. The molecule has 2 aromatic rings. The molecular formula is C37H51O4PY3. The Hall–Kier alpha value is 1.05. The molecule has 3 radical (unpaired) electrons. The molecule has 0 unspecified atom stereocenters. The van der Waals surface area contributed by atoms with Gasteiger partial charge < -0.3 is 14.8 Å². The van der Waals surface area contributed by atoms with Gasteiger partial charge in [-0.2, -0.15) is 0 Å². The van der Waals surface area contributed by atoms with Gasteiger partial charge in [-0.15, -0.1) is 0 Å². The van der Waals surface area contributed by atoms with Crippen molar-refractivity contribution in [3.63, 3.8) is 0 Å². The van der Waals surface area contributed by atoms with Crippen LogP contribution in [0.2, 0.25) is 0 Å². The van der Waals surface area contributed by atoms with E-state index in [1.807, 2.05) is 66.7 Å². The minimum atomic E-state index is -2.81. The maximum Gasteiger partial charge on any atom is 0.146 e. The van der Waals surface area contributed by atoms with E-state index in [1.165, 1.54) is 51.4 Å². The van der Waals surface area contributed by atoms with Gasteiger partial charge in [0, 0.05) is 127 Å². The number of hydrogen-bond donors (Lipinski definition) is 2. The molecule has 3 aliphatic rings. The van der Waals surface area contributed by atoms with Gasteiger partial charge in [-0.25, -0.2) is 0 Å². The molecule has 5 rings (SSSR count). The molecular weight excluding hydrogens is 806 g/mol. The van der Waals surface area contributed by atoms with E-state index >= 15 is 0 Å². The zero-order chi connectivity index (χ0) is 30.1. The van der Waals surface area contributed by atoms with Crippen LogP contribution < -0.4 is 10.6 Å². The monoisotopic (exact) mass is 857 g/mol. The van der Waals surface area contributed by atoms with Crippen LogP contribution in [0.5, 0.6) is 0 Å². The molecule has 0 heterocycles. The quantitative estimate of drug-likeness (QED) is 0.155. The standard InChI is InChI=1S/C21H23O3P.C16H28O.3Y/c1-16-20(22)14-17(15-21(16)23)12-13-25(24,18-8-4-2-5-9-18)19-10-6-3-7-11-19;1-12(2)6-3-4-7-13-10-11-15-14(13)8-5-9-16(15)17;;;/h2-12,20-23H,1,13-15H2;12-15H,3-11H2,1-2H3;;;/t20-,21-;13-,14+,15+;;;/m10.../s1. The molecule has 5 atom stereocenters. The number of aliphatic hydroxyl groups excluding tert-OH is 2. The minimum Gasteiger partial charge on any atom is -0.388 e. The van der Waals surface area contributed by atoms with Gasteiger partial charge in [0.25, 0.3) is 0 Å². The Morgan fingerprint density at radius 3 is 1.96 bits per heavy atom. The Kier molecular flexibility index (Phi) is 21.5. The van der Waals surface area contributed by atoms with Crippen LogP contribution in [-0.2, 0) is 107 Å². The first-order valence-electron chi connectivity index (χ1n) is 16.1. The van der Waals surface area contributed by atoms with E-state index in [4.69, 9.17) is 0 Å². The van der Waals surface area contributed by atoms with Crippen LogP contribution in [0, 0.1) is 23.7 Å². The SMILES string of the molecule is C=C1[C@H](O)CC(=CCP(=O)(c2ccccc2)c2ccccc2)C[C@H]1O.CC(C)CCCC[C@H]1CC[C@H]2C(=O)CCC[C@H]12.[Y].[Y].[Y]. The molecule has 0 aliphatic heterocycles. The fourth-order valence-corrected chi connectivity index (χ4v) is 9.73. The van der Waals surface area contributed by atoms with Crippen LogP contribution >= 0.6 is 7.14 Å². The van der Waals surface area contributed by atoms with Crippen molar-refractivity contribution >= 4 is 23.5 Å². The van der Waals surface area contributed by atoms with Crippen LogP contribution in [0.15, 0.2) is 84.5 Å². The average molecular weight is 858 g/mol. The van der Waals surface area contributed by atoms with Crippen molar-refractivity contribution in [2.24, 2.45) is 23.7 Å². The van der Waals surface area contributed by atoms with Crippen molar-refractivity contribution in [2.75, 3.05) is 6.16 Å². The van der Waals surface area contributed by atoms with Gasteiger partial charge in [0.2, 0.25) is 0 Å². The van der Waals surface area contributed by atoms with Crippen molar-refractivity contribution in [1.29, 1.82) is 0 Å². The molecule has 45 heavy (non-hydrogen) atoms. The first-order chi connectivity index (χ1) is 20.2. The van der Waals surface area contributed by atoms with Crippen LogP contribution in [0.1, 0.15) is 84.5 Å². The summed E-state index contributed by atoms with van der Waals surface area (Å²) in [6, 6.07) is 19.0. The summed E-state index contributed by atoms with van der Waals surface area (Å²) in [6.45, 7) is 8.35. The minimum absolute atomic E-state index is 0. The number of Topliss-reactive ketones (excluding diaryl/α,β-unsaturated/α-hetero) is 1. The Morgan fingerprint density at radius 1 is 0.867 bits per heavy atom. The van der Waals surface area contributed by atoms with E-state index in [9.17, 15) is 19.6 Å². The van der Waals surface area contributed by atoms with Crippen LogP contribution in [0.3, 0.4) is 0 Å². The number of rotatable bonds is 9. The zero-order valence-electron chi connectivity index (χ0n) is 27.4. The second-order valence-electron chi connectivity index (χ2n) is 13.1. The van der Waals surface area contributed by atoms with E-state index in [2.05, 4.69) is 20.4 Å². The first-order valence-corrected chi connectivity index (χ1v) is 18.0. The Morgan fingerprint density at radius 2 is 1.42 bits per heavy atom. The second kappa shape index (κ2) is 22.0. The third-order valence-corrected chi connectivity index (χ3v) is 12.7. The van der Waals surface area contributed by atoms with Gasteiger partial charge in [0.15, 0.2) is 0 Å². The number of benzene rings is 2. The van der Waals surface area contributed by atoms with Crippen LogP contribution in [0.4, 0.5) is 0 Å². The normalized spacial score (nSPS) is 24.3. The fraction of sp³-hybridized carbons (Fsp3) is 0.541. The number of allylic oxidation sites excluding steroid dienone is 1. The number of fused-ring (bicyclic) bond motifs is 1. The molecule has 3 fully saturated rings. The number of aliphatic hydroxyl groups is 2. The molecule has 3 aliphatic carbocycles. The summed E-state index contributed by atoms with van der Waals surface area (Å²) in [6.07, 6.45) is 13.2. The molecule has 0 bridgehead atoms. The molecule has 3 saturated carbocycles. The molecule has 0 saturated heterocycles. The summed E-state index contributed by atoms with van der Waals surface area (Å²) in [5, 5.41) is 21.7. The fourth-order valence-electron chi connectivity index (χ4n) is 7.19. The molecule has 0 spiro atoms. The van der Waals surface area contributed by atoms with Crippen molar-refractivity contribution in [3.05, 3.63) is 84.5 Å². The van der Waals surface area contributed by atoms with Gasteiger partial charge in [0.05, 0.1) is 12.2 Å². The first kappa shape index (κ1) is 44.1. The van der Waals surface area contributed by atoms with Gasteiger partial charge in [0.1, 0.15) is 12.9 Å². The van der Waals surface area contributed by atoms with E-state index in [0.717, 1.165) is 40.4 Å². The zero-order valence-corrected chi connectivity index (χ0v) is 36.8. The van der Waals surface area contributed by atoms with Gasteiger partial charge >= 0.3 is 0 Å². The smallest absolute Gasteiger partial charge is 0.146 e. The van der Waals surface area contributed by atoms with Crippen LogP contribution in [-0.4, -0.2) is 34.4 Å². The van der Waals surface area contributed by atoms with Crippen LogP contribution in [0.25, 0.3) is 0 Å². The maximum absolute atomic E-state index is 13.9. The molecule has 0 amide bonds. The summed E-state index contributed by atoms with van der Waals surface area (Å²) in [7, 11) is -2.81. The van der Waals surface area contributed by atoms with Crippen molar-refractivity contribution in [1.82, 2.24) is 0 Å². The number of ketones is 1. The van der Waals surface area contributed by atoms with Gasteiger partial charge in [-0.05, 0) is 61.9 Å². The predicted molar refractivity (Wildman–Crippen MR) is 175 cm³/mol. The largest absolute Gasteiger partial charge is 0.388 e. The topological polar surface area (TPSA) is 74.6 Å². The number of carbonyl (C=O) groups excluding carboxylic acids is 1. The number of carbonyl (C=O) groups is 1. The third-order valence-electron chi connectivity index (χ3n) is 9.70.